The Hall–Kier alpha value is -2.22. The van der Waals surface area contributed by atoms with Crippen LogP contribution in [0.25, 0.3) is 0 Å². The van der Waals surface area contributed by atoms with Crippen molar-refractivity contribution in [1.82, 2.24) is 10.1 Å². The van der Waals surface area contributed by atoms with Crippen LogP contribution in [0, 0.1) is 5.82 Å². The Bertz CT molecular complexity index is 970. The van der Waals surface area contributed by atoms with Gasteiger partial charge in [0.1, 0.15) is 11.6 Å². The number of hydrogen-bond donors (Lipinski definition) is 0. The molecule has 2 aliphatic rings. The SMILES string of the molecule is O=C(c1noc2c1CCCC2)N1CC[C@H](c2ccccc2F)S(=O)(=O)CC1. The van der Waals surface area contributed by atoms with Gasteiger partial charge in [0, 0.05) is 30.6 Å². The molecule has 0 saturated carbocycles. The van der Waals surface area contributed by atoms with Crippen LogP contribution < -0.4 is 0 Å². The van der Waals surface area contributed by atoms with E-state index in [1.807, 2.05) is 0 Å². The number of benzene rings is 1. The Morgan fingerprint density at radius 3 is 2.78 bits per heavy atom. The van der Waals surface area contributed by atoms with Gasteiger partial charge in [-0.15, -0.1) is 0 Å². The minimum Gasteiger partial charge on any atom is -0.360 e. The van der Waals surface area contributed by atoms with Gasteiger partial charge in [0.15, 0.2) is 15.5 Å². The van der Waals surface area contributed by atoms with Gasteiger partial charge in [0.05, 0.1) is 11.0 Å². The largest absolute Gasteiger partial charge is 0.360 e. The van der Waals surface area contributed by atoms with E-state index in [1.54, 1.807) is 6.07 Å². The Kier molecular flexibility index (Phi) is 4.75. The predicted octanol–water partition coefficient (Wildman–Crippen LogP) is 2.69. The van der Waals surface area contributed by atoms with Crippen molar-refractivity contribution in [2.75, 3.05) is 18.8 Å². The van der Waals surface area contributed by atoms with E-state index < -0.39 is 20.9 Å². The normalized spacial score (nSPS) is 22.1. The minimum atomic E-state index is -3.57. The van der Waals surface area contributed by atoms with Crippen molar-refractivity contribution < 1.29 is 22.1 Å². The van der Waals surface area contributed by atoms with E-state index in [-0.39, 0.29) is 36.7 Å². The summed E-state index contributed by atoms with van der Waals surface area (Å²) >= 11 is 0. The zero-order valence-electron chi connectivity index (χ0n) is 14.9. The van der Waals surface area contributed by atoms with Crippen LogP contribution in [0.15, 0.2) is 28.8 Å². The lowest BCUT2D eigenvalue weighted by Crippen LogP contribution is -2.34. The van der Waals surface area contributed by atoms with Gasteiger partial charge < -0.3 is 9.42 Å². The summed E-state index contributed by atoms with van der Waals surface area (Å²) in [5.74, 6) is -0.267. The highest BCUT2D eigenvalue weighted by molar-refractivity contribution is 7.91. The highest BCUT2D eigenvalue weighted by Gasteiger charge is 2.36. The van der Waals surface area contributed by atoms with Gasteiger partial charge in [-0.3, -0.25) is 4.79 Å². The summed E-state index contributed by atoms with van der Waals surface area (Å²) in [5, 5.41) is 3.01. The topological polar surface area (TPSA) is 80.5 Å². The molecule has 1 fully saturated rings. The molecule has 0 N–H and O–H groups in total. The molecule has 1 saturated heterocycles. The molecule has 1 aliphatic carbocycles. The van der Waals surface area contributed by atoms with Crippen LogP contribution in [0.4, 0.5) is 4.39 Å². The molecule has 1 atom stereocenters. The van der Waals surface area contributed by atoms with Crippen molar-refractivity contribution in [3.05, 3.63) is 52.7 Å². The van der Waals surface area contributed by atoms with Crippen LogP contribution in [0.1, 0.15) is 51.9 Å². The zero-order valence-corrected chi connectivity index (χ0v) is 15.7. The quantitative estimate of drug-likeness (QED) is 0.785. The maximum absolute atomic E-state index is 14.2. The Morgan fingerprint density at radius 2 is 1.96 bits per heavy atom. The second-order valence-electron chi connectivity index (χ2n) is 7.10. The lowest BCUT2D eigenvalue weighted by Gasteiger charge is -2.20. The van der Waals surface area contributed by atoms with E-state index >= 15 is 0 Å². The van der Waals surface area contributed by atoms with Gasteiger partial charge in [-0.05, 0) is 31.7 Å². The van der Waals surface area contributed by atoms with Gasteiger partial charge in [0.25, 0.3) is 5.91 Å². The summed E-state index contributed by atoms with van der Waals surface area (Å²) in [6.07, 6.45) is 3.69. The van der Waals surface area contributed by atoms with E-state index in [2.05, 4.69) is 5.16 Å². The van der Waals surface area contributed by atoms with Crippen molar-refractivity contribution in [3.8, 4) is 0 Å². The smallest absolute Gasteiger partial charge is 0.276 e. The van der Waals surface area contributed by atoms with Crippen molar-refractivity contribution in [2.24, 2.45) is 0 Å². The Morgan fingerprint density at radius 1 is 1.19 bits per heavy atom. The van der Waals surface area contributed by atoms with Gasteiger partial charge >= 0.3 is 0 Å². The highest BCUT2D eigenvalue weighted by Crippen LogP contribution is 2.32. The van der Waals surface area contributed by atoms with Gasteiger partial charge in [0.2, 0.25) is 0 Å². The van der Waals surface area contributed by atoms with Crippen LogP contribution in [-0.2, 0) is 22.7 Å². The van der Waals surface area contributed by atoms with Crippen LogP contribution >= 0.6 is 0 Å². The average molecular weight is 392 g/mol. The maximum Gasteiger partial charge on any atom is 0.276 e. The number of carbonyl (C=O) groups is 1. The molecule has 0 bridgehead atoms. The lowest BCUT2D eigenvalue weighted by molar-refractivity contribution is 0.0755. The summed E-state index contributed by atoms with van der Waals surface area (Å²) in [4.78, 5) is 14.4. The number of aryl methyl sites for hydroxylation is 1. The molecule has 0 spiro atoms. The molecule has 0 unspecified atom stereocenters. The first kappa shape index (κ1) is 18.2. The molecule has 8 heteroatoms. The molecule has 1 amide bonds. The highest BCUT2D eigenvalue weighted by atomic mass is 32.2. The fourth-order valence-electron chi connectivity index (χ4n) is 3.93. The molecule has 2 heterocycles. The van der Waals surface area contributed by atoms with E-state index in [1.165, 1.54) is 23.1 Å². The Labute approximate surface area is 157 Å². The summed E-state index contributed by atoms with van der Waals surface area (Å²) in [7, 11) is -3.57. The third-order valence-corrected chi connectivity index (χ3v) is 7.54. The molecule has 1 aromatic heterocycles. The standard InChI is InChI=1S/C19H21FN2O4S/c20-15-7-3-1-5-13(15)17-9-10-22(11-12-27(17,24)25)19(23)18-14-6-2-4-8-16(14)26-21-18/h1,3,5,7,17H,2,4,6,8-12H2/t17-/m1/s1. The third kappa shape index (κ3) is 3.38. The molecule has 4 rings (SSSR count). The fraction of sp³-hybridized carbons (Fsp3) is 0.474. The first-order valence-electron chi connectivity index (χ1n) is 9.20. The first-order valence-corrected chi connectivity index (χ1v) is 10.9. The minimum absolute atomic E-state index is 0.0771. The summed E-state index contributed by atoms with van der Waals surface area (Å²) in [6.45, 7) is 0.312. The summed E-state index contributed by atoms with van der Waals surface area (Å²) in [5.41, 5.74) is 1.32. The third-order valence-electron chi connectivity index (χ3n) is 5.43. The number of carbonyl (C=O) groups excluding carboxylic acids is 1. The second kappa shape index (κ2) is 7.07. The maximum atomic E-state index is 14.2. The number of sulfone groups is 1. The molecule has 144 valence electrons. The predicted molar refractivity (Wildman–Crippen MR) is 96.6 cm³/mol. The van der Waals surface area contributed by atoms with Gasteiger partial charge in [-0.1, -0.05) is 23.4 Å². The van der Waals surface area contributed by atoms with Crippen molar-refractivity contribution in [1.29, 1.82) is 0 Å². The monoisotopic (exact) mass is 392 g/mol. The second-order valence-corrected chi connectivity index (χ2v) is 9.40. The zero-order chi connectivity index (χ0) is 19.0. The number of nitrogens with zero attached hydrogens (tertiary/aromatic N) is 2. The molecule has 6 nitrogen and oxygen atoms in total. The van der Waals surface area contributed by atoms with Gasteiger partial charge in [-0.25, -0.2) is 12.8 Å². The van der Waals surface area contributed by atoms with Crippen LogP contribution in [-0.4, -0.2) is 43.2 Å². The molecule has 27 heavy (non-hydrogen) atoms. The Balaban J connectivity index is 1.58. The van der Waals surface area contributed by atoms with E-state index in [0.29, 0.717) is 5.69 Å². The molecular weight excluding hydrogens is 371 g/mol. The van der Waals surface area contributed by atoms with Crippen molar-refractivity contribution in [3.63, 3.8) is 0 Å². The average Bonchev–Trinajstić information content (AvgIpc) is 3.02. The number of amides is 1. The van der Waals surface area contributed by atoms with Crippen LogP contribution in [0.2, 0.25) is 0 Å². The molecule has 0 radical (unpaired) electrons. The van der Waals surface area contributed by atoms with Gasteiger partial charge in [-0.2, -0.15) is 0 Å². The molecule has 1 aliphatic heterocycles. The van der Waals surface area contributed by atoms with E-state index in [9.17, 15) is 17.6 Å². The molecule has 2 aromatic rings. The number of fused-ring (bicyclic) bond motifs is 1. The summed E-state index contributed by atoms with van der Waals surface area (Å²) < 4.78 is 44.9. The number of rotatable bonds is 2. The fourth-order valence-corrected chi connectivity index (χ4v) is 5.74. The lowest BCUT2D eigenvalue weighted by atomic mass is 9.96. The van der Waals surface area contributed by atoms with Crippen LogP contribution in [0.5, 0.6) is 0 Å². The number of halogens is 1. The van der Waals surface area contributed by atoms with E-state index in [4.69, 9.17) is 4.52 Å². The summed E-state index contributed by atoms with van der Waals surface area (Å²) in [6, 6.07) is 5.93. The van der Waals surface area contributed by atoms with Crippen molar-refractivity contribution in [2.45, 2.75) is 37.4 Å². The molecule has 1 aromatic carbocycles. The number of aromatic nitrogens is 1. The number of hydrogen-bond acceptors (Lipinski definition) is 5. The first-order chi connectivity index (χ1) is 13.0. The van der Waals surface area contributed by atoms with Crippen LogP contribution in [0.3, 0.4) is 0 Å². The van der Waals surface area contributed by atoms with Crippen molar-refractivity contribution >= 4 is 15.7 Å². The van der Waals surface area contributed by atoms with E-state index in [0.717, 1.165) is 37.0 Å². The molecular formula is C19H21FN2O4S.